The smallest absolute Gasteiger partial charge is 0.195 e. The van der Waals surface area contributed by atoms with Crippen molar-refractivity contribution in [1.29, 1.82) is 0 Å². The van der Waals surface area contributed by atoms with Gasteiger partial charge in [-0.25, -0.2) is 0 Å². The van der Waals surface area contributed by atoms with E-state index in [1.54, 1.807) is 0 Å². The number of hydrogen-bond donors (Lipinski definition) is 0. The van der Waals surface area contributed by atoms with Crippen LogP contribution >= 0.6 is 63.7 Å². The first-order chi connectivity index (χ1) is 17.4. The Hall–Kier alpha value is -2.38. The summed E-state index contributed by atoms with van der Waals surface area (Å²) >= 11 is 15.3. The van der Waals surface area contributed by atoms with Crippen LogP contribution in [0.2, 0.25) is 0 Å². The van der Waals surface area contributed by atoms with Gasteiger partial charge in [0.15, 0.2) is 10.9 Å². The molecule has 8 aromatic rings. The summed E-state index contributed by atoms with van der Waals surface area (Å²) in [5.74, 6) is 0. The third-order valence-electron chi connectivity index (χ3n) is 7.57. The Labute approximate surface area is 236 Å². The highest BCUT2D eigenvalue weighted by molar-refractivity contribution is 9.13. The van der Waals surface area contributed by atoms with Crippen LogP contribution in [0.5, 0.6) is 0 Å². The minimum atomic E-state index is -0.0191. The van der Waals surface area contributed by atoms with E-state index in [2.05, 4.69) is 69.8 Å². The predicted octanol–water partition coefficient (Wildman–Crippen LogP) is 9.84. The molecule has 2 nitrogen and oxygen atoms in total. The second-order valence-electron chi connectivity index (χ2n) is 9.19. The van der Waals surface area contributed by atoms with E-state index >= 15 is 0 Å². The second kappa shape index (κ2) is 7.13. The van der Waals surface area contributed by atoms with Gasteiger partial charge in [-0.1, -0.05) is 58.4 Å². The zero-order chi connectivity index (χ0) is 24.6. The van der Waals surface area contributed by atoms with Crippen LogP contribution in [0.15, 0.2) is 88.1 Å². The highest BCUT2D eigenvalue weighted by Crippen LogP contribution is 2.53. The average Bonchev–Trinajstić information content (AvgIpc) is 2.88. The van der Waals surface area contributed by atoms with Gasteiger partial charge < -0.3 is 0 Å². The highest BCUT2D eigenvalue weighted by Gasteiger charge is 2.27. The van der Waals surface area contributed by atoms with Crippen LogP contribution in [-0.2, 0) is 0 Å². The Morgan fingerprint density at radius 2 is 1.08 bits per heavy atom. The molecule has 0 saturated heterocycles. The summed E-state index contributed by atoms with van der Waals surface area (Å²) in [6.07, 6.45) is 0. The summed E-state index contributed by atoms with van der Waals surface area (Å²) in [5, 5.41) is 12.4. The molecule has 0 aliphatic carbocycles. The molecular weight excluding hydrogens is 712 g/mol. The van der Waals surface area contributed by atoms with Gasteiger partial charge >= 0.3 is 0 Å². The van der Waals surface area contributed by atoms with E-state index in [4.69, 9.17) is 0 Å². The van der Waals surface area contributed by atoms with Crippen LogP contribution in [0.4, 0.5) is 0 Å². The van der Waals surface area contributed by atoms with E-state index in [0.29, 0.717) is 21.5 Å². The summed E-state index contributed by atoms with van der Waals surface area (Å²) < 4.78 is 3.35. The standard InChI is InChI=1S/C30H10Br4O2/c31-17-7-3-6-14-19(17)16-10-11-8-9-15-20-18(11)23-21(16)25(30(14)36)28(34)27(33)24(23)26(32)22(20)12-4-1-2-5-13(12)29(15)35/h1-10H. The molecule has 0 aromatic heterocycles. The highest BCUT2D eigenvalue weighted by atomic mass is 79.9. The van der Waals surface area contributed by atoms with Gasteiger partial charge in [0.25, 0.3) is 0 Å². The molecule has 0 bridgehead atoms. The molecule has 0 spiro atoms. The zero-order valence-corrected chi connectivity index (χ0v) is 24.4. The van der Waals surface area contributed by atoms with Crippen molar-refractivity contribution in [1.82, 2.24) is 0 Å². The van der Waals surface area contributed by atoms with Gasteiger partial charge in [0.1, 0.15) is 0 Å². The lowest BCUT2D eigenvalue weighted by molar-refractivity contribution is 1.67. The summed E-state index contributed by atoms with van der Waals surface area (Å²) in [5.41, 5.74) is 0.00860. The summed E-state index contributed by atoms with van der Waals surface area (Å²) in [6.45, 7) is 0. The Bertz CT molecular complexity index is 2400. The fourth-order valence-electron chi connectivity index (χ4n) is 6.16. The molecule has 0 N–H and O–H groups in total. The lowest BCUT2D eigenvalue weighted by Gasteiger charge is -2.22. The van der Waals surface area contributed by atoms with Gasteiger partial charge in [-0.15, -0.1) is 0 Å². The number of fused-ring (bicyclic) bond motifs is 4. The van der Waals surface area contributed by atoms with E-state index in [0.717, 1.165) is 71.8 Å². The Morgan fingerprint density at radius 3 is 1.89 bits per heavy atom. The SMILES string of the molecule is O=c1c2ccccc2c2c(Br)c3c(Br)c(Br)c4c(=O)c5cccc(Br)c5c5cc6ccc1c2c6c3c45. The maximum atomic E-state index is 13.9. The topological polar surface area (TPSA) is 34.1 Å². The van der Waals surface area contributed by atoms with Gasteiger partial charge in [0, 0.05) is 71.8 Å². The van der Waals surface area contributed by atoms with Crippen LogP contribution in [0.3, 0.4) is 0 Å². The van der Waals surface area contributed by atoms with Gasteiger partial charge in [-0.05, 0) is 87.5 Å². The predicted molar refractivity (Wildman–Crippen MR) is 166 cm³/mol. The average molecular weight is 722 g/mol. The van der Waals surface area contributed by atoms with Gasteiger partial charge in [-0.2, -0.15) is 0 Å². The third kappa shape index (κ3) is 2.38. The van der Waals surface area contributed by atoms with Crippen LogP contribution in [0.1, 0.15) is 0 Å². The van der Waals surface area contributed by atoms with Crippen molar-refractivity contribution >= 4 is 139 Å². The molecule has 8 aromatic carbocycles. The molecular formula is C30H10Br4O2. The van der Waals surface area contributed by atoms with E-state index in [1.807, 2.05) is 54.6 Å². The number of benzene rings is 8. The maximum Gasteiger partial charge on any atom is 0.195 e. The van der Waals surface area contributed by atoms with E-state index in [-0.39, 0.29) is 10.9 Å². The first-order valence-corrected chi connectivity index (χ1v) is 14.4. The molecule has 0 aliphatic rings. The number of rotatable bonds is 0. The molecule has 0 radical (unpaired) electrons. The number of hydrogen-bond acceptors (Lipinski definition) is 2. The Morgan fingerprint density at radius 1 is 0.417 bits per heavy atom. The largest absolute Gasteiger partial charge is 0.289 e. The summed E-state index contributed by atoms with van der Waals surface area (Å²) in [6, 6.07) is 19.7. The molecule has 0 atom stereocenters. The van der Waals surface area contributed by atoms with Crippen LogP contribution in [0, 0.1) is 0 Å². The van der Waals surface area contributed by atoms with E-state index in [1.165, 1.54) is 0 Å². The molecule has 0 heterocycles. The van der Waals surface area contributed by atoms with Gasteiger partial charge in [0.2, 0.25) is 0 Å². The monoisotopic (exact) mass is 718 g/mol. The van der Waals surface area contributed by atoms with Crippen molar-refractivity contribution in [2.75, 3.05) is 0 Å². The van der Waals surface area contributed by atoms with Crippen molar-refractivity contribution in [3.05, 3.63) is 99.0 Å². The first kappa shape index (κ1) is 21.7. The van der Waals surface area contributed by atoms with Crippen molar-refractivity contribution in [2.24, 2.45) is 0 Å². The molecule has 0 amide bonds. The van der Waals surface area contributed by atoms with Crippen LogP contribution < -0.4 is 10.9 Å². The van der Waals surface area contributed by atoms with E-state index < -0.39 is 0 Å². The van der Waals surface area contributed by atoms with Crippen molar-refractivity contribution in [3.63, 3.8) is 0 Å². The second-order valence-corrected chi connectivity index (χ2v) is 12.4. The fourth-order valence-corrected chi connectivity index (χ4v) is 8.99. The Kier molecular flexibility index (Phi) is 4.30. The minimum Gasteiger partial charge on any atom is -0.289 e. The fraction of sp³-hybridized carbons (Fsp3) is 0. The molecule has 0 aliphatic heterocycles. The van der Waals surface area contributed by atoms with Gasteiger partial charge in [0.05, 0.1) is 0 Å². The third-order valence-corrected chi connectivity index (χ3v) is 11.1. The first-order valence-electron chi connectivity index (χ1n) is 11.2. The van der Waals surface area contributed by atoms with Crippen molar-refractivity contribution in [2.45, 2.75) is 0 Å². The lowest BCUT2D eigenvalue weighted by Crippen LogP contribution is -2.07. The van der Waals surface area contributed by atoms with E-state index in [9.17, 15) is 9.59 Å². The molecule has 0 unspecified atom stereocenters. The summed E-state index contributed by atoms with van der Waals surface area (Å²) in [7, 11) is 0. The maximum absolute atomic E-state index is 13.9. The van der Waals surface area contributed by atoms with Crippen molar-refractivity contribution < 1.29 is 0 Å². The normalized spacial score (nSPS) is 12.7. The summed E-state index contributed by atoms with van der Waals surface area (Å²) in [4.78, 5) is 27.5. The molecule has 36 heavy (non-hydrogen) atoms. The molecule has 8 rings (SSSR count). The Balaban J connectivity index is 1.88. The van der Waals surface area contributed by atoms with Crippen LogP contribution in [0.25, 0.3) is 75.4 Å². The molecule has 170 valence electrons. The van der Waals surface area contributed by atoms with Crippen LogP contribution in [-0.4, -0.2) is 0 Å². The minimum absolute atomic E-state index is 0.0191. The molecule has 0 saturated carbocycles. The van der Waals surface area contributed by atoms with Gasteiger partial charge in [-0.3, -0.25) is 9.59 Å². The lowest BCUT2D eigenvalue weighted by atomic mass is 9.84. The quantitative estimate of drug-likeness (QED) is 0.115. The van der Waals surface area contributed by atoms with Crippen molar-refractivity contribution in [3.8, 4) is 0 Å². The molecule has 6 heteroatoms. The number of halogens is 4. The zero-order valence-electron chi connectivity index (χ0n) is 18.1. The molecule has 0 fully saturated rings.